The summed E-state index contributed by atoms with van der Waals surface area (Å²) in [5.74, 6) is -5.76. The van der Waals surface area contributed by atoms with Gasteiger partial charge in [-0.25, -0.2) is 13.8 Å². The molecule has 36 heavy (non-hydrogen) atoms. The van der Waals surface area contributed by atoms with Crippen LogP contribution in [-0.4, -0.2) is 142 Å². The van der Waals surface area contributed by atoms with Gasteiger partial charge in [-0.1, -0.05) is 0 Å². The lowest BCUT2D eigenvalue weighted by Crippen LogP contribution is -2.57. The van der Waals surface area contributed by atoms with Crippen LogP contribution in [0.3, 0.4) is 0 Å². The molecule has 8 atom stereocenters. The molecule has 0 saturated heterocycles. The number of rotatable bonds is 15. The Bertz CT molecular complexity index is 967. The van der Waals surface area contributed by atoms with Crippen LogP contribution in [0.1, 0.15) is 6.92 Å². The molecule has 0 saturated carbocycles. The topological polar surface area (TPSA) is 341 Å². The number of aliphatic hydroxyl groups is 8. The third-order valence-electron chi connectivity index (χ3n) is 3.95. The summed E-state index contributed by atoms with van der Waals surface area (Å²) in [4.78, 5) is 35.4. The predicted molar refractivity (Wildman–Crippen MR) is 105 cm³/mol. The highest BCUT2D eigenvalue weighted by Crippen LogP contribution is 2.16. The fraction of sp³-hybridized carbons (Fsp3) is 0.786. The Morgan fingerprint density at radius 3 is 1.58 bits per heavy atom. The van der Waals surface area contributed by atoms with Crippen LogP contribution in [0.5, 0.6) is 0 Å². The second kappa shape index (κ2) is 14.0. The lowest BCUT2D eigenvalue weighted by atomic mass is 10.0. The molecule has 0 fully saturated rings. The van der Waals surface area contributed by atoms with Gasteiger partial charge in [-0.15, -0.1) is 0 Å². The molecule has 22 heteroatoms. The van der Waals surface area contributed by atoms with Crippen molar-refractivity contribution in [3.8, 4) is 0 Å². The molecule has 0 radical (unpaired) electrons. The van der Waals surface area contributed by atoms with E-state index in [1.54, 1.807) is 5.32 Å². The lowest BCUT2D eigenvalue weighted by molar-refractivity contribution is -0.160. The van der Waals surface area contributed by atoms with E-state index in [-0.39, 0.29) is 0 Å². The van der Waals surface area contributed by atoms with Crippen molar-refractivity contribution in [1.29, 1.82) is 0 Å². The van der Waals surface area contributed by atoms with Gasteiger partial charge in [0, 0.05) is 6.92 Å². The summed E-state index contributed by atoms with van der Waals surface area (Å²) in [6, 6.07) is -2.49. The van der Waals surface area contributed by atoms with Crippen molar-refractivity contribution in [3.05, 3.63) is 0 Å². The van der Waals surface area contributed by atoms with Gasteiger partial charge in [-0.2, -0.15) is 16.8 Å². The third-order valence-corrected chi connectivity index (χ3v) is 5.14. The number of carbonyl (C=O) groups excluding carboxylic acids is 3. The quantitative estimate of drug-likeness (QED) is 0.0810. The van der Waals surface area contributed by atoms with Crippen molar-refractivity contribution >= 4 is 38.6 Å². The van der Waals surface area contributed by atoms with Crippen LogP contribution in [-0.2, 0) is 47.7 Å². The zero-order valence-electron chi connectivity index (χ0n) is 18.0. The Labute approximate surface area is 202 Å². The zero-order chi connectivity index (χ0) is 28.6. The highest BCUT2D eigenvalue weighted by atomic mass is 32.3. The van der Waals surface area contributed by atoms with Crippen LogP contribution in [0.2, 0.25) is 0 Å². The van der Waals surface area contributed by atoms with Crippen LogP contribution in [0.15, 0.2) is 0 Å². The number of aliphatic hydroxyl groups excluding tert-OH is 8. The summed E-state index contributed by atoms with van der Waals surface area (Å²) in [6.45, 7) is -1.71. The van der Waals surface area contributed by atoms with Crippen LogP contribution in [0.25, 0.3) is 0 Å². The molecule has 0 aromatic carbocycles. The van der Waals surface area contributed by atoms with Crippen LogP contribution < -0.4 is 5.32 Å². The Kier molecular flexibility index (Phi) is 13.2. The Balaban J connectivity index is 6.04. The van der Waals surface area contributed by atoms with Crippen LogP contribution >= 0.6 is 0 Å². The number of nitrogens with one attached hydrogen (secondary N) is 1. The molecule has 0 heterocycles. The van der Waals surface area contributed by atoms with E-state index in [0.29, 0.717) is 0 Å². The van der Waals surface area contributed by atoms with Crippen molar-refractivity contribution in [1.82, 2.24) is 5.32 Å². The second-order valence-electron chi connectivity index (χ2n) is 6.80. The summed E-state index contributed by atoms with van der Waals surface area (Å²) in [5, 5.41) is 77.2. The molecular formula is C14H25NO19S2. The van der Waals surface area contributed by atoms with Crippen LogP contribution in [0.4, 0.5) is 0 Å². The first-order chi connectivity index (χ1) is 16.3. The number of hydrogen-bond donors (Lipinski definition) is 10. The molecule has 0 aliphatic rings. The number of hydrogen-bond acceptors (Lipinski definition) is 18. The molecule has 0 bridgehead atoms. The molecule has 212 valence electrons. The third kappa shape index (κ3) is 10.9. The molecule has 10 N–H and O–H groups in total. The lowest BCUT2D eigenvalue weighted by Gasteiger charge is -2.28. The van der Waals surface area contributed by atoms with E-state index in [1.807, 2.05) is 0 Å². The monoisotopic (exact) mass is 575 g/mol. The molecule has 1 amide bonds. The van der Waals surface area contributed by atoms with Gasteiger partial charge in [0.05, 0.1) is 13.2 Å². The highest BCUT2D eigenvalue weighted by Gasteiger charge is 2.45. The average Bonchev–Trinajstić information content (AvgIpc) is 2.76. The maximum absolute atomic E-state index is 12.2. The SMILES string of the molecule is CC(=O)N[C@@H](C(=O)OS(=O)(=O)O[C@@H](C(=O)OS(=O)(=O)O)[C@@H](O)[C@@H](O)[C@H](O)CO)[C@@H](O)[C@H](O)[C@H](O)CO. The van der Waals surface area contributed by atoms with E-state index < -0.39 is 101 Å². The van der Waals surface area contributed by atoms with Gasteiger partial charge in [0.2, 0.25) is 12.0 Å². The predicted octanol–water partition coefficient (Wildman–Crippen LogP) is -7.84. The molecule has 0 aromatic heterocycles. The van der Waals surface area contributed by atoms with E-state index in [1.165, 1.54) is 0 Å². The molecule has 0 unspecified atom stereocenters. The number of amides is 1. The van der Waals surface area contributed by atoms with Gasteiger partial charge in [-0.05, 0) is 0 Å². The average molecular weight is 575 g/mol. The first-order valence-corrected chi connectivity index (χ1v) is 11.9. The van der Waals surface area contributed by atoms with Crippen molar-refractivity contribution in [3.63, 3.8) is 0 Å². The summed E-state index contributed by atoms with van der Waals surface area (Å²) in [7, 11) is -11.6. The smallest absolute Gasteiger partial charge is 0.394 e. The van der Waals surface area contributed by atoms with Gasteiger partial charge < -0.3 is 54.5 Å². The minimum absolute atomic E-state index is 0.748. The molecule has 0 spiro atoms. The van der Waals surface area contributed by atoms with Gasteiger partial charge in [0.1, 0.15) is 36.6 Å². The van der Waals surface area contributed by atoms with Gasteiger partial charge in [-0.3, -0.25) is 9.35 Å². The van der Waals surface area contributed by atoms with Crippen LogP contribution in [0, 0.1) is 0 Å². The summed E-state index contributed by atoms with van der Waals surface area (Å²) in [5.41, 5.74) is 0. The van der Waals surface area contributed by atoms with Crippen molar-refractivity contribution < 1.29 is 89.2 Å². The number of carbonyl (C=O) groups is 3. The van der Waals surface area contributed by atoms with Gasteiger partial charge >= 0.3 is 32.7 Å². The summed E-state index contributed by atoms with van der Waals surface area (Å²) >= 11 is 0. The molecule has 0 rings (SSSR count). The van der Waals surface area contributed by atoms with E-state index in [9.17, 15) is 61.9 Å². The Morgan fingerprint density at radius 1 is 0.750 bits per heavy atom. The maximum atomic E-state index is 12.2. The van der Waals surface area contributed by atoms with Crippen molar-refractivity contribution in [2.24, 2.45) is 0 Å². The van der Waals surface area contributed by atoms with Gasteiger partial charge in [0.25, 0.3) is 0 Å². The largest absolute Gasteiger partial charge is 0.452 e. The minimum atomic E-state index is -5.96. The normalized spacial score (nSPS) is 19.1. The molecule has 0 aromatic rings. The van der Waals surface area contributed by atoms with Crippen molar-refractivity contribution in [2.75, 3.05) is 13.2 Å². The van der Waals surface area contributed by atoms with E-state index in [2.05, 4.69) is 12.5 Å². The fourth-order valence-corrected chi connectivity index (χ4v) is 3.33. The first kappa shape index (κ1) is 33.9. The van der Waals surface area contributed by atoms with Gasteiger partial charge in [0.15, 0.2) is 6.04 Å². The molecular weight excluding hydrogens is 550 g/mol. The maximum Gasteiger partial charge on any atom is 0.452 e. The second-order valence-corrected chi connectivity index (χ2v) is 9.00. The van der Waals surface area contributed by atoms with E-state index >= 15 is 0 Å². The summed E-state index contributed by atoms with van der Waals surface area (Å²) < 4.78 is 65.6. The van der Waals surface area contributed by atoms with Crippen molar-refractivity contribution in [2.45, 2.75) is 55.7 Å². The van der Waals surface area contributed by atoms with E-state index in [0.717, 1.165) is 6.92 Å². The molecule has 20 nitrogen and oxygen atoms in total. The minimum Gasteiger partial charge on any atom is -0.394 e. The summed E-state index contributed by atoms with van der Waals surface area (Å²) in [6.07, 6.45) is -18.1. The van der Waals surface area contributed by atoms with E-state index in [4.69, 9.17) is 14.8 Å². The highest BCUT2D eigenvalue weighted by molar-refractivity contribution is 7.82. The first-order valence-electron chi connectivity index (χ1n) is 9.22. The Morgan fingerprint density at radius 2 is 1.19 bits per heavy atom. The zero-order valence-corrected chi connectivity index (χ0v) is 19.6. The fourth-order valence-electron chi connectivity index (χ4n) is 2.24. The Hall–Kier alpha value is -2.09. The molecule has 0 aliphatic carbocycles. The standard InChI is InChI=1S/C14H25NO19S2/c1-4(18)15-7(10(23)8(21)5(19)2-16)13(25)34-36(30,31)32-12(14(26)33-35(27,28)29)11(24)9(22)6(20)3-17/h5-12,16-17,19-24H,2-3H2,1H3,(H,15,18)(H,27,28,29)/t5-,6-,7-,8-,9+,10-,11+,12-/m1/s1. The molecule has 0 aliphatic heterocycles.